The van der Waals surface area contributed by atoms with Gasteiger partial charge in [-0.1, -0.05) is 243 Å². The molecule has 0 aromatic heterocycles. The first-order valence-electron chi connectivity index (χ1n) is 25.8. The van der Waals surface area contributed by atoms with Crippen LogP contribution in [0.25, 0.3) is 0 Å². The molecule has 2 unspecified atom stereocenters. The maximum absolute atomic E-state index is 13.4. The van der Waals surface area contributed by atoms with Gasteiger partial charge in [-0.25, -0.2) is 0 Å². The molecule has 1 fully saturated rings. The van der Waals surface area contributed by atoms with E-state index in [1.807, 2.05) is 60.7 Å². The molecule has 2 atom stereocenters. The summed E-state index contributed by atoms with van der Waals surface area (Å²) >= 11 is 0. The maximum atomic E-state index is 13.4. The Bertz CT molecular complexity index is 1180. The standard InChI is InChI=1S/C54H92N4O2/c1-3-5-7-9-11-13-15-17-19-21-23-25-27-29-37-43-51(55-53(59)49-39-33-31-34-40-49)57-45-47-58(48-46-57)52(56-54(60)50-41-35-32-36-42-50)44-38-30-28-26-24-22-20-18-16-14-12-10-8-6-4-2/h31-36,39-42,51-52H,3-30,37-38,43-48H2,1-2H3,(H,55,59)(H,56,60). The van der Waals surface area contributed by atoms with Crippen molar-refractivity contribution in [2.75, 3.05) is 26.2 Å². The molecule has 0 bridgehead atoms. The van der Waals surface area contributed by atoms with Crippen LogP contribution in [0, 0.1) is 0 Å². The van der Waals surface area contributed by atoms with Gasteiger partial charge in [0.15, 0.2) is 0 Å². The zero-order valence-corrected chi connectivity index (χ0v) is 39.1. The largest absolute Gasteiger partial charge is 0.336 e. The third-order valence-electron chi connectivity index (χ3n) is 13.1. The van der Waals surface area contributed by atoms with Crippen LogP contribution in [0.2, 0.25) is 0 Å². The predicted octanol–water partition coefficient (Wildman–Crippen LogP) is 14.6. The summed E-state index contributed by atoms with van der Waals surface area (Å²) in [5.41, 5.74) is 1.45. The van der Waals surface area contributed by atoms with Crippen LogP contribution in [-0.2, 0) is 0 Å². The minimum Gasteiger partial charge on any atom is -0.336 e. The molecule has 1 aliphatic rings. The maximum Gasteiger partial charge on any atom is 0.252 e. The highest BCUT2D eigenvalue weighted by atomic mass is 16.2. The Morgan fingerprint density at radius 3 is 0.867 bits per heavy atom. The molecule has 2 amide bonds. The zero-order chi connectivity index (χ0) is 42.6. The van der Waals surface area contributed by atoms with Gasteiger partial charge in [0.2, 0.25) is 0 Å². The fraction of sp³-hybridized carbons (Fsp3) is 0.741. The highest BCUT2D eigenvalue weighted by Crippen LogP contribution is 2.20. The number of hydrogen-bond donors (Lipinski definition) is 2. The summed E-state index contributed by atoms with van der Waals surface area (Å²) < 4.78 is 0. The van der Waals surface area contributed by atoms with E-state index in [0.29, 0.717) is 0 Å². The lowest BCUT2D eigenvalue weighted by Gasteiger charge is -2.42. The van der Waals surface area contributed by atoms with Crippen molar-refractivity contribution in [3.05, 3.63) is 71.8 Å². The van der Waals surface area contributed by atoms with Crippen molar-refractivity contribution in [3.8, 4) is 0 Å². The van der Waals surface area contributed by atoms with Crippen LogP contribution >= 0.6 is 0 Å². The number of piperazine rings is 1. The van der Waals surface area contributed by atoms with Crippen LogP contribution in [0.4, 0.5) is 0 Å². The lowest BCUT2D eigenvalue weighted by Crippen LogP contribution is -2.60. The Morgan fingerprint density at radius 1 is 0.383 bits per heavy atom. The average molecular weight is 829 g/mol. The van der Waals surface area contributed by atoms with Crippen LogP contribution in [0.3, 0.4) is 0 Å². The van der Waals surface area contributed by atoms with Gasteiger partial charge in [-0.2, -0.15) is 0 Å². The molecule has 0 radical (unpaired) electrons. The molecule has 2 aromatic rings. The van der Waals surface area contributed by atoms with Gasteiger partial charge >= 0.3 is 0 Å². The first-order chi connectivity index (χ1) is 29.6. The van der Waals surface area contributed by atoms with Crippen LogP contribution in [0.5, 0.6) is 0 Å². The Morgan fingerprint density at radius 2 is 0.617 bits per heavy atom. The lowest BCUT2D eigenvalue weighted by molar-refractivity contribution is 0.0370. The van der Waals surface area contributed by atoms with E-state index in [1.165, 1.54) is 180 Å². The van der Waals surface area contributed by atoms with Gasteiger partial charge in [0.25, 0.3) is 11.8 Å². The topological polar surface area (TPSA) is 64.7 Å². The molecule has 1 heterocycles. The van der Waals surface area contributed by atoms with Gasteiger partial charge in [-0.05, 0) is 37.1 Å². The van der Waals surface area contributed by atoms with Crippen LogP contribution in [0.1, 0.15) is 240 Å². The molecule has 60 heavy (non-hydrogen) atoms. The van der Waals surface area contributed by atoms with Gasteiger partial charge in [-0.3, -0.25) is 19.4 Å². The fourth-order valence-electron chi connectivity index (χ4n) is 9.12. The number of unbranched alkanes of at least 4 members (excludes halogenated alkanes) is 28. The van der Waals surface area contributed by atoms with E-state index in [2.05, 4.69) is 34.3 Å². The molecule has 0 saturated carbocycles. The van der Waals surface area contributed by atoms with Crippen molar-refractivity contribution < 1.29 is 9.59 Å². The Labute approximate surface area is 370 Å². The number of nitrogens with one attached hydrogen (secondary N) is 2. The van der Waals surface area contributed by atoms with E-state index in [1.54, 1.807) is 0 Å². The second-order valence-corrected chi connectivity index (χ2v) is 18.3. The smallest absolute Gasteiger partial charge is 0.252 e. The Balaban J connectivity index is 1.40. The van der Waals surface area contributed by atoms with Crippen molar-refractivity contribution in [2.45, 2.75) is 232 Å². The molecule has 6 nitrogen and oxygen atoms in total. The molecule has 340 valence electrons. The molecule has 0 spiro atoms. The summed E-state index contributed by atoms with van der Waals surface area (Å²) in [5.74, 6) is 0.0373. The summed E-state index contributed by atoms with van der Waals surface area (Å²) in [6.07, 6.45) is 42.7. The summed E-state index contributed by atoms with van der Waals surface area (Å²) in [7, 11) is 0. The number of carbonyl (C=O) groups is 2. The minimum absolute atomic E-state index is 0.0187. The summed E-state index contributed by atoms with van der Waals surface area (Å²) in [6.45, 7) is 8.12. The number of amides is 2. The van der Waals surface area contributed by atoms with E-state index < -0.39 is 0 Å². The van der Waals surface area contributed by atoms with Gasteiger partial charge in [0, 0.05) is 37.3 Å². The van der Waals surface area contributed by atoms with E-state index in [4.69, 9.17) is 0 Å². The molecule has 0 aliphatic carbocycles. The minimum atomic E-state index is 0.0187. The second-order valence-electron chi connectivity index (χ2n) is 18.3. The number of rotatable bonds is 38. The monoisotopic (exact) mass is 829 g/mol. The number of hydrogen-bond acceptors (Lipinski definition) is 4. The zero-order valence-electron chi connectivity index (χ0n) is 39.1. The average Bonchev–Trinajstić information content (AvgIpc) is 3.28. The summed E-state index contributed by atoms with van der Waals surface area (Å²) in [4.78, 5) is 31.8. The van der Waals surface area contributed by atoms with Gasteiger partial charge in [-0.15, -0.1) is 0 Å². The molecule has 1 saturated heterocycles. The number of benzene rings is 2. The second kappa shape index (κ2) is 35.9. The number of carbonyl (C=O) groups excluding carboxylic acids is 2. The Hall–Kier alpha value is -2.70. The van der Waals surface area contributed by atoms with Crippen LogP contribution < -0.4 is 10.6 Å². The predicted molar refractivity (Wildman–Crippen MR) is 258 cm³/mol. The third kappa shape index (κ3) is 24.7. The third-order valence-corrected chi connectivity index (χ3v) is 13.1. The molecule has 1 aliphatic heterocycles. The molecule has 2 aromatic carbocycles. The van der Waals surface area contributed by atoms with Crippen molar-refractivity contribution in [1.29, 1.82) is 0 Å². The fourth-order valence-corrected chi connectivity index (χ4v) is 9.12. The molecular weight excluding hydrogens is 737 g/mol. The van der Waals surface area contributed by atoms with E-state index in [-0.39, 0.29) is 24.1 Å². The quantitative estimate of drug-likeness (QED) is 0.0662. The lowest BCUT2D eigenvalue weighted by atomic mass is 10.0. The molecular formula is C54H92N4O2. The van der Waals surface area contributed by atoms with Crippen molar-refractivity contribution in [2.24, 2.45) is 0 Å². The molecule has 6 heteroatoms. The normalized spacial score (nSPS) is 14.6. The SMILES string of the molecule is CCCCCCCCCCCCCCCCCC(NC(=O)c1ccccc1)N1CCN(C(CCCCCCCCCCCCCCCCC)NC(=O)c2ccccc2)CC1. The first kappa shape index (κ1) is 51.6. The highest BCUT2D eigenvalue weighted by Gasteiger charge is 2.29. The number of nitrogens with zero attached hydrogens (tertiary/aromatic N) is 2. The summed E-state index contributed by atoms with van der Waals surface area (Å²) in [6, 6.07) is 19.4. The molecule has 3 rings (SSSR count). The first-order valence-corrected chi connectivity index (χ1v) is 25.8. The van der Waals surface area contributed by atoms with Crippen LogP contribution in [-0.4, -0.2) is 60.1 Å². The van der Waals surface area contributed by atoms with Crippen molar-refractivity contribution >= 4 is 11.8 Å². The van der Waals surface area contributed by atoms with Gasteiger partial charge < -0.3 is 10.6 Å². The van der Waals surface area contributed by atoms with Crippen molar-refractivity contribution in [3.63, 3.8) is 0 Å². The van der Waals surface area contributed by atoms with Crippen LogP contribution in [0.15, 0.2) is 60.7 Å². The van der Waals surface area contributed by atoms with Crippen molar-refractivity contribution in [1.82, 2.24) is 20.4 Å². The highest BCUT2D eigenvalue weighted by molar-refractivity contribution is 5.94. The van der Waals surface area contributed by atoms with Gasteiger partial charge in [0.05, 0.1) is 12.3 Å². The summed E-state index contributed by atoms with van der Waals surface area (Å²) in [5, 5.41) is 6.87. The van der Waals surface area contributed by atoms with E-state index in [9.17, 15) is 9.59 Å². The van der Waals surface area contributed by atoms with E-state index in [0.717, 1.165) is 63.0 Å². The Kier molecular flexibility index (Phi) is 30.9. The van der Waals surface area contributed by atoms with E-state index >= 15 is 0 Å². The van der Waals surface area contributed by atoms with Gasteiger partial charge in [0.1, 0.15) is 0 Å². The molecule has 2 N–H and O–H groups in total.